The van der Waals surface area contributed by atoms with Gasteiger partial charge in [-0.15, -0.1) is 0 Å². The lowest BCUT2D eigenvalue weighted by Crippen LogP contribution is -2.47. The lowest BCUT2D eigenvalue weighted by atomic mass is 9.87. The van der Waals surface area contributed by atoms with Crippen LogP contribution in [0.5, 0.6) is 0 Å². The molecule has 1 aliphatic rings. The summed E-state index contributed by atoms with van der Waals surface area (Å²) in [5, 5.41) is 9.30. The average Bonchev–Trinajstić information content (AvgIpc) is 2.46. The highest BCUT2D eigenvalue weighted by atomic mass is 32.2. The Balaban J connectivity index is 2.43. The van der Waals surface area contributed by atoms with Crippen molar-refractivity contribution < 1.29 is 18.3 Å². The first-order valence-corrected chi connectivity index (χ1v) is 8.93. The van der Waals surface area contributed by atoms with Crippen LogP contribution in [-0.2, 0) is 20.2 Å². The van der Waals surface area contributed by atoms with Crippen molar-refractivity contribution in [3.63, 3.8) is 0 Å². The van der Waals surface area contributed by atoms with Gasteiger partial charge in [0.05, 0.1) is 4.90 Å². The van der Waals surface area contributed by atoms with Gasteiger partial charge >= 0.3 is 5.97 Å². The van der Waals surface area contributed by atoms with Gasteiger partial charge in [-0.25, -0.2) is 8.42 Å². The van der Waals surface area contributed by atoms with Gasteiger partial charge < -0.3 is 5.11 Å². The topological polar surface area (TPSA) is 74.7 Å². The Morgan fingerprint density at radius 2 is 1.95 bits per heavy atom. The molecule has 1 saturated heterocycles. The van der Waals surface area contributed by atoms with Crippen molar-refractivity contribution in [1.82, 2.24) is 4.31 Å². The highest BCUT2D eigenvalue weighted by Crippen LogP contribution is 2.29. The average molecular weight is 325 g/mol. The first kappa shape index (κ1) is 17.0. The van der Waals surface area contributed by atoms with E-state index in [9.17, 15) is 18.3 Å². The second kappa shape index (κ2) is 6.01. The fraction of sp³-hybridized carbons (Fsp3) is 0.562. The van der Waals surface area contributed by atoms with Crippen LogP contribution in [0.3, 0.4) is 0 Å². The van der Waals surface area contributed by atoms with Crippen LogP contribution in [0.2, 0.25) is 0 Å². The molecule has 0 aromatic heterocycles. The number of carboxylic acids is 1. The van der Waals surface area contributed by atoms with Gasteiger partial charge in [0.1, 0.15) is 6.04 Å². The number of piperidine rings is 1. The third kappa shape index (κ3) is 3.33. The van der Waals surface area contributed by atoms with Crippen LogP contribution in [0.4, 0.5) is 0 Å². The van der Waals surface area contributed by atoms with Gasteiger partial charge in [0, 0.05) is 6.54 Å². The molecule has 1 fully saturated rings. The summed E-state index contributed by atoms with van der Waals surface area (Å²) in [7, 11) is -3.79. The van der Waals surface area contributed by atoms with Crippen molar-refractivity contribution >= 4 is 16.0 Å². The summed E-state index contributed by atoms with van der Waals surface area (Å²) in [6, 6.07) is 5.84. The van der Waals surface area contributed by atoms with Crippen LogP contribution < -0.4 is 0 Å². The minimum Gasteiger partial charge on any atom is -0.480 e. The van der Waals surface area contributed by atoms with Crippen molar-refractivity contribution in [3.05, 3.63) is 29.8 Å². The van der Waals surface area contributed by atoms with E-state index in [1.165, 1.54) is 6.07 Å². The molecule has 1 N–H and O–H groups in total. The molecule has 0 aliphatic carbocycles. The number of hydrogen-bond donors (Lipinski definition) is 1. The van der Waals surface area contributed by atoms with E-state index in [0.29, 0.717) is 12.8 Å². The summed E-state index contributed by atoms with van der Waals surface area (Å²) in [5.74, 6) is -1.07. The molecular weight excluding hydrogens is 302 g/mol. The standard InChI is InChI=1S/C16H23NO4S/c1-16(2,3)12-7-6-8-13(11-12)22(20,21)17-10-5-4-9-14(17)15(18)19/h6-8,11,14H,4-5,9-10H2,1-3H3,(H,18,19). The molecular formula is C16H23NO4S. The highest BCUT2D eigenvalue weighted by Gasteiger charge is 2.37. The number of hydrogen-bond acceptors (Lipinski definition) is 3. The molecule has 1 unspecified atom stereocenters. The van der Waals surface area contributed by atoms with Crippen LogP contribution >= 0.6 is 0 Å². The van der Waals surface area contributed by atoms with Crippen molar-refractivity contribution in [2.45, 2.75) is 56.4 Å². The number of aliphatic carboxylic acids is 1. The summed E-state index contributed by atoms with van der Waals surface area (Å²) in [5.41, 5.74) is 0.747. The molecule has 1 heterocycles. The van der Waals surface area contributed by atoms with E-state index in [-0.39, 0.29) is 16.9 Å². The molecule has 0 bridgehead atoms. The van der Waals surface area contributed by atoms with E-state index in [1.807, 2.05) is 26.8 Å². The Morgan fingerprint density at radius 1 is 1.27 bits per heavy atom. The molecule has 0 amide bonds. The minimum atomic E-state index is -3.79. The third-order valence-corrected chi connectivity index (χ3v) is 5.95. The zero-order valence-electron chi connectivity index (χ0n) is 13.2. The number of nitrogens with zero attached hydrogens (tertiary/aromatic N) is 1. The summed E-state index contributed by atoms with van der Waals surface area (Å²) < 4.78 is 26.8. The Bertz CT molecular complexity index is 661. The fourth-order valence-corrected chi connectivity index (χ4v) is 4.40. The van der Waals surface area contributed by atoms with Gasteiger partial charge in [0.15, 0.2) is 0 Å². The Morgan fingerprint density at radius 3 is 2.55 bits per heavy atom. The monoisotopic (exact) mass is 325 g/mol. The number of benzene rings is 1. The van der Waals surface area contributed by atoms with E-state index in [1.54, 1.807) is 12.1 Å². The van der Waals surface area contributed by atoms with E-state index in [2.05, 4.69) is 0 Å². The minimum absolute atomic E-state index is 0.167. The van der Waals surface area contributed by atoms with Crippen molar-refractivity contribution in [2.24, 2.45) is 0 Å². The maximum Gasteiger partial charge on any atom is 0.322 e. The molecule has 22 heavy (non-hydrogen) atoms. The molecule has 5 nitrogen and oxygen atoms in total. The van der Waals surface area contributed by atoms with E-state index in [0.717, 1.165) is 16.3 Å². The number of carboxylic acid groups (broad SMARTS) is 1. The maximum absolute atomic E-state index is 12.8. The Labute approximate surface area is 132 Å². The predicted octanol–water partition coefficient (Wildman–Crippen LogP) is 2.61. The van der Waals surface area contributed by atoms with E-state index >= 15 is 0 Å². The predicted molar refractivity (Wildman–Crippen MR) is 84.3 cm³/mol. The second-order valence-electron chi connectivity index (χ2n) is 6.74. The summed E-state index contributed by atoms with van der Waals surface area (Å²) >= 11 is 0. The first-order valence-electron chi connectivity index (χ1n) is 7.49. The zero-order valence-corrected chi connectivity index (χ0v) is 14.1. The summed E-state index contributed by atoms with van der Waals surface area (Å²) in [4.78, 5) is 11.5. The van der Waals surface area contributed by atoms with Crippen molar-refractivity contribution in [1.29, 1.82) is 0 Å². The van der Waals surface area contributed by atoms with Gasteiger partial charge in [-0.3, -0.25) is 4.79 Å². The molecule has 0 saturated carbocycles. The van der Waals surface area contributed by atoms with Crippen molar-refractivity contribution in [2.75, 3.05) is 6.54 Å². The van der Waals surface area contributed by atoms with Gasteiger partial charge in [-0.1, -0.05) is 32.9 Å². The quantitative estimate of drug-likeness (QED) is 0.927. The smallest absolute Gasteiger partial charge is 0.322 e. The van der Waals surface area contributed by atoms with Gasteiger partial charge in [0.2, 0.25) is 10.0 Å². The van der Waals surface area contributed by atoms with Gasteiger partial charge in [-0.2, -0.15) is 4.31 Å². The summed E-state index contributed by atoms with van der Waals surface area (Å²) in [6.45, 7) is 6.30. The van der Waals surface area contributed by atoms with Crippen molar-refractivity contribution in [3.8, 4) is 0 Å². The largest absolute Gasteiger partial charge is 0.480 e. The molecule has 2 rings (SSSR count). The number of carbonyl (C=O) groups is 1. The Hall–Kier alpha value is -1.40. The summed E-state index contributed by atoms with van der Waals surface area (Å²) in [6.07, 6.45) is 1.81. The molecule has 1 aromatic carbocycles. The van der Waals surface area contributed by atoms with Crippen LogP contribution in [0, 0.1) is 0 Å². The molecule has 0 radical (unpaired) electrons. The SMILES string of the molecule is CC(C)(C)c1cccc(S(=O)(=O)N2CCCCC2C(=O)O)c1. The lowest BCUT2D eigenvalue weighted by molar-refractivity contribution is -0.142. The van der Waals surface area contributed by atoms with Gasteiger partial charge in [-0.05, 0) is 42.4 Å². The molecule has 1 atom stereocenters. The highest BCUT2D eigenvalue weighted by molar-refractivity contribution is 7.89. The van der Waals surface area contributed by atoms with Crippen LogP contribution in [0.1, 0.15) is 45.6 Å². The zero-order chi connectivity index (χ0) is 16.5. The van der Waals surface area contributed by atoms with Gasteiger partial charge in [0.25, 0.3) is 0 Å². The normalized spacial score (nSPS) is 20.8. The second-order valence-corrected chi connectivity index (χ2v) is 8.63. The molecule has 1 aromatic rings. The lowest BCUT2D eigenvalue weighted by Gasteiger charge is -2.32. The van der Waals surface area contributed by atoms with Crippen LogP contribution in [0.25, 0.3) is 0 Å². The molecule has 0 spiro atoms. The molecule has 1 aliphatic heterocycles. The van der Waals surface area contributed by atoms with E-state index < -0.39 is 22.0 Å². The number of sulfonamides is 1. The van der Waals surface area contributed by atoms with Crippen LogP contribution in [-0.4, -0.2) is 36.4 Å². The van der Waals surface area contributed by atoms with E-state index in [4.69, 9.17) is 0 Å². The molecule has 6 heteroatoms. The third-order valence-electron chi connectivity index (χ3n) is 4.05. The first-order chi connectivity index (χ1) is 10.1. The van der Waals surface area contributed by atoms with Crippen LogP contribution in [0.15, 0.2) is 29.2 Å². The maximum atomic E-state index is 12.8. The fourth-order valence-electron chi connectivity index (χ4n) is 2.70. The Kier molecular flexibility index (Phi) is 4.63. The molecule has 122 valence electrons. The number of rotatable bonds is 3.